The molecule has 19 heavy (non-hydrogen) atoms. The molecule has 1 aromatic heterocycles. The van der Waals surface area contributed by atoms with Crippen LogP contribution in [0.2, 0.25) is 0 Å². The fourth-order valence-corrected chi connectivity index (χ4v) is 2.43. The number of benzene rings is 1. The Kier molecular flexibility index (Phi) is 4.77. The Hall–Kier alpha value is -1.13. The maximum Gasteiger partial charge on any atom is 0.0670 e. The second-order valence-electron chi connectivity index (χ2n) is 5.12. The molecule has 1 N–H and O–H groups in total. The Morgan fingerprint density at radius 1 is 1.32 bits per heavy atom. The maximum atomic E-state index is 4.41. The second-order valence-corrected chi connectivity index (χ2v) is 5.97. The van der Waals surface area contributed by atoms with Crippen molar-refractivity contribution >= 4 is 15.9 Å². The molecule has 0 unspecified atom stereocenters. The van der Waals surface area contributed by atoms with Crippen LogP contribution in [-0.4, -0.2) is 15.8 Å². The lowest BCUT2D eigenvalue weighted by Crippen LogP contribution is -2.21. The summed E-state index contributed by atoms with van der Waals surface area (Å²) >= 11 is 3.65. The van der Waals surface area contributed by atoms with Gasteiger partial charge in [-0.15, -0.1) is 0 Å². The molecule has 1 heterocycles. The molecule has 0 atom stereocenters. The van der Waals surface area contributed by atoms with Crippen LogP contribution in [0.5, 0.6) is 0 Å². The zero-order valence-electron chi connectivity index (χ0n) is 11.7. The highest BCUT2D eigenvalue weighted by atomic mass is 79.9. The van der Waals surface area contributed by atoms with E-state index in [4.69, 9.17) is 0 Å². The van der Waals surface area contributed by atoms with Crippen molar-refractivity contribution in [1.29, 1.82) is 0 Å². The summed E-state index contributed by atoms with van der Waals surface area (Å²) in [4.78, 5) is 0. The van der Waals surface area contributed by atoms with Crippen molar-refractivity contribution in [3.8, 4) is 0 Å². The summed E-state index contributed by atoms with van der Waals surface area (Å²) in [5.74, 6) is 0. The van der Waals surface area contributed by atoms with Crippen molar-refractivity contribution in [2.45, 2.75) is 39.9 Å². The highest BCUT2D eigenvalue weighted by Gasteiger charge is 2.04. The summed E-state index contributed by atoms with van der Waals surface area (Å²) in [5.41, 5.74) is 3.59. The fraction of sp³-hybridized carbons (Fsp3) is 0.400. The average Bonchev–Trinajstić information content (AvgIpc) is 2.75. The van der Waals surface area contributed by atoms with Crippen LogP contribution in [0.1, 0.15) is 30.7 Å². The molecule has 0 aliphatic rings. The van der Waals surface area contributed by atoms with Gasteiger partial charge in [0.2, 0.25) is 0 Å². The van der Waals surface area contributed by atoms with E-state index in [1.165, 1.54) is 11.1 Å². The molecule has 1 aromatic carbocycles. The molecule has 2 rings (SSSR count). The first-order valence-corrected chi connectivity index (χ1v) is 7.34. The van der Waals surface area contributed by atoms with Gasteiger partial charge in [0.15, 0.2) is 0 Å². The molecule has 0 aliphatic carbocycles. The molecule has 0 fully saturated rings. The number of nitrogens with zero attached hydrogens (tertiary/aromatic N) is 2. The van der Waals surface area contributed by atoms with Crippen LogP contribution < -0.4 is 5.32 Å². The van der Waals surface area contributed by atoms with E-state index in [1.54, 1.807) is 0 Å². The molecule has 0 bridgehead atoms. The number of nitrogens with one attached hydrogen (secondary N) is 1. The molecule has 2 aromatic rings. The Balaban J connectivity index is 2.06. The van der Waals surface area contributed by atoms with E-state index in [9.17, 15) is 0 Å². The minimum absolute atomic E-state index is 0.505. The van der Waals surface area contributed by atoms with Crippen LogP contribution in [0.15, 0.2) is 34.9 Å². The van der Waals surface area contributed by atoms with Crippen molar-refractivity contribution in [2.75, 3.05) is 0 Å². The first-order chi connectivity index (χ1) is 9.04. The van der Waals surface area contributed by atoms with E-state index in [0.29, 0.717) is 6.04 Å². The van der Waals surface area contributed by atoms with Gasteiger partial charge in [-0.05, 0) is 30.2 Å². The van der Waals surface area contributed by atoms with Crippen LogP contribution in [0.3, 0.4) is 0 Å². The van der Waals surface area contributed by atoms with Gasteiger partial charge in [0.1, 0.15) is 0 Å². The Morgan fingerprint density at radius 2 is 2.11 bits per heavy atom. The molecular weight excluding hydrogens is 302 g/mol. The van der Waals surface area contributed by atoms with E-state index in [2.05, 4.69) is 58.4 Å². The lowest BCUT2D eigenvalue weighted by atomic mass is 10.1. The highest BCUT2D eigenvalue weighted by Crippen LogP contribution is 2.19. The van der Waals surface area contributed by atoms with Gasteiger partial charge in [-0.25, -0.2) is 0 Å². The van der Waals surface area contributed by atoms with Crippen molar-refractivity contribution in [1.82, 2.24) is 15.1 Å². The first-order valence-electron chi connectivity index (χ1n) is 6.55. The van der Waals surface area contributed by atoms with E-state index < -0.39 is 0 Å². The van der Waals surface area contributed by atoms with E-state index in [1.807, 2.05) is 23.9 Å². The third-order valence-corrected chi connectivity index (χ3v) is 3.68. The minimum atomic E-state index is 0.505. The molecule has 0 saturated heterocycles. The van der Waals surface area contributed by atoms with Gasteiger partial charge in [0.25, 0.3) is 0 Å². The first kappa shape index (κ1) is 14.3. The third-order valence-electron chi connectivity index (χ3n) is 2.94. The second kappa shape index (κ2) is 6.35. The van der Waals surface area contributed by atoms with Gasteiger partial charge in [-0.3, -0.25) is 4.68 Å². The molecule has 0 aliphatic heterocycles. The summed E-state index contributed by atoms with van der Waals surface area (Å²) in [6, 6.07) is 9.05. The summed E-state index contributed by atoms with van der Waals surface area (Å²) in [7, 11) is 0. The van der Waals surface area contributed by atoms with Gasteiger partial charge >= 0.3 is 0 Å². The molecule has 0 amide bonds. The van der Waals surface area contributed by atoms with Crippen molar-refractivity contribution < 1.29 is 0 Å². The zero-order valence-corrected chi connectivity index (χ0v) is 13.2. The number of hydrogen-bond donors (Lipinski definition) is 1. The molecule has 4 heteroatoms. The highest BCUT2D eigenvalue weighted by molar-refractivity contribution is 9.10. The Morgan fingerprint density at radius 3 is 2.68 bits per heavy atom. The molecule has 0 spiro atoms. The Bertz CT molecular complexity index is 546. The number of halogens is 1. The monoisotopic (exact) mass is 321 g/mol. The summed E-state index contributed by atoms with van der Waals surface area (Å²) < 4.78 is 3.10. The summed E-state index contributed by atoms with van der Waals surface area (Å²) in [6.45, 7) is 8.02. The predicted molar refractivity (Wildman–Crippen MR) is 82.2 cm³/mol. The summed E-state index contributed by atoms with van der Waals surface area (Å²) in [5, 5.41) is 7.84. The lowest BCUT2D eigenvalue weighted by Gasteiger charge is -2.10. The quantitative estimate of drug-likeness (QED) is 0.913. The Labute approximate surface area is 123 Å². The van der Waals surface area contributed by atoms with Gasteiger partial charge in [-0.2, -0.15) is 5.10 Å². The smallest absolute Gasteiger partial charge is 0.0670 e. The van der Waals surface area contributed by atoms with E-state index in [0.717, 1.165) is 23.3 Å². The van der Waals surface area contributed by atoms with Crippen LogP contribution in [0, 0.1) is 6.92 Å². The van der Waals surface area contributed by atoms with Gasteiger partial charge < -0.3 is 5.32 Å². The largest absolute Gasteiger partial charge is 0.310 e. The van der Waals surface area contributed by atoms with E-state index >= 15 is 0 Å². The maximum absolute atomic E-state index is 4.41. The van der Waals surface area contributed by atoms with Crippen LogP contribution in [-0.2, 0) is 13.1 Å². The van der Waals surface area contributed by atoms with Crippen LogP contribution in [0.25, 0.3) is 0 Å². The number of hydrogen-bond acceptors (Lipinski definition) is 2. The van der Waals surface area contributed by atoms with Crippen LogP contribution >= 0.6 is 15.9 Å². The molecular formula is C15H20BrN3. The fourth-order valence-electron chi connectivity index (χ4n) is 1.88. The SMILES string of the molecule is Cc1ccn(Cc2ccc(CNC(C)C)cc2Br)n1. The van der Waals surface area contributed by atoms with Crippen molar-refractivity contribution in [3.05, 3.63) is 51.8 Å². The third kappa shape index (κ3) is 4.18. The normalized spacial score (nSPS) is 11.2. The topological polar surface area (TPSA) is 29.9 Å². The van der Waals surface area contributed by atoms with Crippen LogP contribution in [0.4, 0.5) is 0 Å². The van der Waals surface area contributed by atoms with E-state index in [-0.39, 0.29) is 0 Å². The van der Waals surface area contributed by atoms with Crippen molar-refractivity contribution in [2.24, 2.45) is 0 Å². The summed E-state index contributed by atoms with van der Waals surface area (Å²) in [6.07, 6.45) is 2.01. The minimum Gasteiger partial charge on any atom is -0.310 e. The standard InChI is InChI=1S/C15H20BrN3/c1-11(2)17-9-13-4-5-14(15(16)8-13)10-19-7-6-12(3)18-19/h4-8,11,17H,9-10H2,1-3H3. The number of rotatable bonds is 5. The number of aromatic nitrogens is 2. The molecule has 102 valence electrons. The molecule has 0 saturated carbocycles. The van der Waals surface area contributed by atoms with Crippen molar-refractivity contribution in [3.63, 3.8) is 0 Å². The van der Waals surface area contributed by atoms with Gasteiger partial charge in [-0.1, -0.05) is 41.9 Å². The lowest BCUT2D eigenvalue weighted by molar-refractivity contribution is 0.588. The molecule has 0 radical (unpaired) electrons. The zero-order chi connectivity index (χ0) is 13.8. The predicted octanol–water partition coefficient (Wildman–Crippen LogP) is 3.50. The van der Waals surface area contributed by atoms with Gasteiger partial charge in [0, 0.05) is 23.3 Å². The average molecular weight is 322 g/mol. The van der Waals surface area contributed by atoms with Gasteiger partial charge in [0.05, 0.1) is 12.2 Å². The molecule has 3 nitrogen and oxygen atoms in total. The number of aryl methyl sites for hydroxylation is 1.